The molecule has 0 spiro atoms. The van der Waals surface area contributed by atoms with Gasteiger partial charge >= 0.3 is 5.97 Å². The molecule has 0 heterocycles. The van der Waals surface area contributed by atoms with Crippen molar-refractivity contribution in [1.82, 2.24) is 0 Å². The van der Waals surface area contributed by atoms with Crippen molar-refractivity contribution in [2.75, 3.05) is 7.11 Å². The summed E-state index contributed by atoms with van der Waals surface area (Å²) in [6.07, 6.45) is 1.80. The summed E-state index contributed by atoms with van der Waals surface area (Å²) in [7, 11) is 1.38. The van der Waals surface area contributed by atoms with Gasteiger partial charge in [0, 0.05) is 0 Å². The zero-order chi connectivity index (χ0) is 7.56. The molecule has 0 amide bonds. The van der Waals surface area contributed by atoms with E-state index in [9.17, 15) is 4.79 Å². The van der Waals surface area contributed by atoms with Crippen molar-refractivity contribution in [2.24, 2.45) is 5.92 Å². The largest absolute Gasteiger partial charge is 0.469 e. The van der Waals surface area contributed by atoms with E-state index >= 15 is 0 Å². The second kappa shape index (κ2) is 3.01. The molecule has 3 nitrogen and oxygen atoms in total. The predicted molar refractivity (Wildman–Crippen MR) is 35.4 cm³/mol. The fourth-order valence-corrected chi connectivity index (χ4v) is 1.34. The topological polar surface area (TPSA) is 46.5 Å². The second-order valence-corrected chi connectivity index (χ2v) is 2.69. The molecular weight excluding hydrogens is 132 g/mol. The van der Waals surface area contributed by atoms with Crippen LogP contribution in [0.15, 0.2) is 0 Å². The van der Waals surface area contributed by atoms with Crippen LogP contribution in [0, 0.1) is 5.92 Å². The molecule has 0 unspecified atom stereocenters. The van der Waals surface area contributed by atoms with Crippen LogP contribution in [0.2, 0.25) is 0 Å². The number of methoxy groups -OCH3 is 1. The standard InChI is InChI=1S/C7H12O3/c1-10-7(9)5-2-3-6(8)4-5/h5-6,8H,2-4H2,1H3/t5-,6+/m0/s1. The Balaban J connectivity index is 2.37. The summed E-state index contributed by atoms with van der Waals surface area (Å²) in [5, 5.41) is 9.04. The van der Waals surface area contributed by atoms with Crippen LogP contribution in [-0.2, 0) is 9.53 Å². The number of hydrogen-bond acceptors (Lipinski definition) is 3. The Morgan fingerprint density at radius 1 is 1.60 bits per heavy atom. The molecule has 0 aromatic carbocycles. The van der Waals surface area contributed by atoms with Crippen molar-refractivity contribution in [3.63, 3.8) is 0 Å². The molecule has 0 bridgehead atoms. The van der Waals surface area contributed by atoms with Gasteiger partial charge in [0.05, 0.1) is 19.1 Å². The highest BCUT2D eigenvalue weighted by molar-refractivity contribution is 5.72. The van der Waals surface area contributed by atoms with E-state index in [0.717, 1.165) is 12.8 Å². The van der Waals surface area contributed by atoms with E-state index in [4.69, 9.17) is 5.11 Å². The number of esters is 1. The van der Waals surface area contributed by atoms with Crippen molar-refractivity contribution in [3.8, 4) is 0 Å². The van der Waals surface area contributed by atoms with Crippen LogP contribution in [-0.4, -0.2) is 24.3 Å². The van der Waals surface area contributed by atoms with Crippen molar-refractivity contribution < 1.29 is 14.6 Å². The number of carbonyl (C=O) groups is 1. The van der Waals surface area contributed by atoms with Crippen LogP contribution in [0.3, 0.4) is 0 Å². The molecule has 1 fully saturated rings. The van der Waals surface area contributed by atoms with Crippen LogP contribution in [0.4, 0.5) is 0 Å². The molecule has 3 heteroatoms. The van der Waals surface area contributed by atoms with Gasteiger partial charge in [-0.2, -0.15) is 0 Å². The van der Waals surface area contributed by atoms with E-state index in [2.05, 4.69) is 4.74 Å². The predicted octanol–water partition coefficient (Wildman–Crippen LogP) is 0.320. The number of rotatable bonds is 1. The Hall–Kier alpha value is -0.570. The first-order chi connectivity index (χ1) is 4.74. The van der Waals surface area contributed by atoms with E-state index < -0.39 is 0 Å². The Kier molecular flexibility index (Phi) is 2.27. The van der Waals surface area contributed by atoms with Gasteiger partial charge in [0.2, 0.25) is 0 Å². The van der Waals surface area contributed by atoms with Gasteiger partial charge in [0.15, 0.2) is 0 Å². The third kappa shape index (κ3) is 1.48. The van der Waals surface area contributed by atoms with E-state index in [0.29, 0.717) is 6.42 Å². The van der Waals surface area contributed by atoms with Gasteiger partial charge in [-0.3, -0.25) is 4.79 Å². The molecule has 0 radical (unpaired) electrons. The maximum atomic E-state index is 10.8. The molecular formula is C7H12O3. The summed E-state index contributed by atoms with van der Waals surface area (Å²) in [6.45, 7) is 0. The van der Waals surface area contributed by atoms with Gasteiger partial charge in [-0.1, -0.05) is 0 Å². The summed E-state index contributed by atoms with van der Waals surface area (Å²) in [4.78, 5) is 10.8. The molecule has 0 aliphatic heterocycles. The maximum absolute atomic E-state index is 10.8. The SMILES string of the molecule is COC(=O)[C@H]1CC[C@@H](O)C1. The lowest BCUT2D eigenvalue weighted by Gasteiger charge is -2.04. The van der Waals surface area contributed by atoms with Gasteiger partial charge in [-0.15, -0.1) is 0 Å². The highest BCUT2D eigenvalue weighted by Gasteiger charge is 2.28. The molecule has 58 valence electrons. The van der Waals surface area contributed by atoms with Crippen LogP contribution < -0.4 is 0 Å². The highest BCUT2D eigenvalue weighted by Crippen LogP contribution is 2.25. The fourth-order valence-electron chi connectivity index (χ4n) is 1.34. The van der Waals surface area contributed by atoms with Gasteiger partial charge in [0.25, 0.3) is 0 Å². The molecule has 10 heavy (non-hydrogen) atoms. The van der Waals surface area contributed by atoms with Gasteiger partial charge in [0.1, 0.15) is 0 Å². The lowest BCUT2D eigenvalue weighted by Crippen LogP contribution is -2.13. The summed E-state index contributed by atoms with van der Waals surface area (Å²) >= 11 is 0. The summed E-state index contributed by atoms with van der Waals surface area (Å²) in [6, 6.07) is 0. The Labute approximate surface area is 60.0 Å². The number of hydrogen-bond donors (Lipinski definition) is 1. The average Bonchev–Trinajstić information content (AvgIpc) is 2.34. The second-order valence-electron chi connectivity index (χ2n) is 2.69. The number of ether oxygens (including phenoxy) is 1. The van der Waals surface area contributed by atoms with Crippen LogP contribution in [0.5, 0.6) is 0 Å². The third-order valence-electron chi connectivity index (χ3n) is 1.94. The van der Waals surface area contributed by atoms with E-state index in [1.807, 2.05) is 0 Å². The Morgan fingerprint density at radius 2 is 2.30 bits per heavy atom. The van der Waals surface area contributed by atoms with Crippen molar-refractivity contribution >= 4 is 5.97 Å². The summed E-state index contributed by atoms with van der Waals surface area (Å²) in [5.74, 6) is -0.239. The molecule has 1 aliphatic rings. The quantitative estimate of drug-likeness (QED) is 0.539. The summed E-state index contributed by atoms with van der Waals surface area (Å²) < 4.78 is 4.53. The molecule has 2 atom stereocenters. The minimum absolute atomic E-state index is 0.0556. The highest BCUT2D eigenvalue weighted by atomic mass is 16.5. The van der Waals surface area contributed by atoms with Gasteiger partial charge in [-0.05, 0) is 19.3 Å². The molecule has 1 saturated carbocycles. The Bertz CT molecular complexity index is 133. The smallest absolute Gasteiger partial charge is 0.308 e. The zero-order valence-electron chi connectivity index (χ0n) is 6.04. The van der Waals surface area contributed by atoms with Crippen LogP contribution in [0.1, 0.15) is 19.3 Å². The molecule has 1 aliphatic carbocycles. The lowest BCUT2D eigenvalue weighted by atomic mass is 10.1. The van der Waals surface area contributed by atoms with Crippen LogP contribution >= 0.6 is 0 Å². The Morgan fingerprint density at radius 3 is 2.70 bits per heavy atom. The van der Waals surface area contributed by atoms with E-state index in [1.54, 1.807) is 0 Å². The van der Waals surface area contributed by atoms with E-state index in [1.165, 1.54) is 7.11 Å². The average molecular weight is 144 g/mol. The van der Waals surface area contributed by atoms with Crippen molar-refractivity contribution in [3.05, 3.63) is 0 Å². The first kappa shape index (κ1) is 7.54. The molecule has 1 rings (SSSR count). The minimum atomic E-state index is -0.288. The number of aliphatic hydroxyl groups excluding tert-OH is 1. The number of aliphatic hydroxyl groups is 1. The first-order valence-corrected chi connectivity index (χ1v) is 3.50. The number of carbonyl (C=O) groups excluding carboxylic acids is 1. The lowest BCUT2D eigenvalue weighted by molar-refractivity contribution is -0.145. The summed E-state index contributed by atoms with van der Waals surface area (Å²) in [5.41, 5.74) is 0. The van der Waals surface area contributed by atoms with Gasteiger partial charge < -0.3 is 9.84 Å². The van der Waals surface area contributed by atoms with Crippen LogP contribution in [0.25, 0.3) is 0 Å². The zero-order valence-corrected chi connectivity index (χ0v) is 6.04. The van der Waals surface area contributed by atoms with Gasteiger partial charge in [-0.25, -0.2) is 0 Å². The molecule has 1 N–H and O–H groups in total. The van der Waals surface area contributed by atoms with E-state index in [-0.39, 0.29) is 18.0 Å². The fraction of sp³-hybridized carbons (Fsp3) is 0.857. The third-order valence-corrected chi connectivity index (χ3v) is 1.94. The molecule has 0 saturated heterocycles. The minimum Gasteiger partial charge on any atom is -0.469 e. The first-order valence-electron chi connectivity index (χ1n) is 3.50. The van der Waals surface area contributed by atoms with Crippen molar-refractivity contribution in [1.29, 1.82) is 0 Å². The maximum Gasteiger partial charge on any atom is 0.308 e. The molecule has 0 aromatic rings. The molecule has 0 aromatic heterocycles. The van der Waals surface area contributed by atoms with Crippen molar-refractivity contribution in [2.45, 2.75) is 25.4 Å². The monoisotopic (exact) mass is 144 g/mol. The normalized spacial score (nSPS) is 32.2.